The number of ether oxygens (including phenoxy) is 2. The Labute approximate surface area is 110 Å². The molecule has 0 bridgehead atoms. The largest absolute Gasteiger partial charge is 0.468 e. The number of aromatic nitrogens is 1. The van der Waals surface area contributed by atoms with E-state index in [1.807, 2.05) is 0 Å². The summed E-state index contributed by atoms with van der Waals surface area (Å²) in [5.74, 6) is 0.482. The van der Waals surface area contributed by atoms with Crippen molar-refractivity contribution in [1.82, 2.24) is 4.98 Å². The van der Waals surface area contributed by atoms with E-state index in [0.717, 1.165) is 5.01 Å². The first-order valence-corrected chi connectivity index (χ1v) is 7.22. The van der Waals surface area contributed by atoms with E-state index in [0.29, 0.717) is 25.6 Å². The van der Waals surface area contributed by atoms with E-state index in [1.54, 1.807) is 11.3 Å². The molecule has 1 aliphatic carbocycles. The summed E-state index contributed by atoms with van der Waals surface area (Å²) in [6.45, 7) is 0.913. The molecule has 0 amide bonds. The molecular weight excluding hydrogens is 250 g/mol. The highest BCUT2D eigenvalue weighted by molar-refractivity contribution is 7.09. The Hall–Kier alpha value is -0.940. The molecule has 0 aromatic carbocycles. The highest BCUT2D eigenvalue weighted by Gasteiger charge is 2.47. The van der Waals surface area contributed by atoms with Crippen LogP contribution in [0.4, 0.5) is 0 Å². The first-order chi connectivity index (χ1) is 8.73. The third-order valence-electron chi connectivity index (χ3n) is 3.96. The summed E-state index contributed by atoms with van der Waals surface area (Å²) in [4.78, 5) is 16.5. The van der Waals surface area contributed by atoms with E-state index in [4.69, 9.17) is 9.47 Å². The molecule has 5 heteroatoms. The molecule has 2 heterocycles. The van der Waals surface area contributed by atoms with Gasteiger partial charge in [0.1, 0.15) is 5.41 Å². The van der Waals surface area contributed by atoms with Gasteiger partial charge in [0.15, 0.2) is 0 Å². The zero-order valence-corrected chi connectivity index (χ0v) is 11.3. The van der Waals surface area contributed by atoms with Crippen LogP contribution in [0, 0.1) is 5.41 Å². The molecule has 4 nitrogen and oxygen atoms in total. The minimum atomic E-state index is -0.483. The van der Waals surface area contributed by atoms with Gasteiger partial charge >= 0.3 is 5.97 Å². The van der Waals surface area contributed by atoms with Crippen LogP contribution in [-0.2, 0) is 20.7 Å². The second kappa shape index (κ2) is 4.63. The van der Waals surface area contributed by atoms with Gasteiger partial charge in [-0.05, 0) is 12.8 Å². The highest BCUT2D eigenvalue weighted by atomic mass is 32.1. The molecule has 0 radical (unpaired) electrons. The van der Waals surface area contributed by atoms with Crippen molar-refractivity contribution in [3.8, 4) is 0 Å². The van der Waals surface area contributed by atoms with Crippen molar-refractivity contribution >= 4 is 17.3 Å². The van der Waals surface area contributed by atoms with Gasteiger partial charge in [-0.1, -0.05) is 6.42 Å². The van der Waals surface area contributed by atoms with E-state index in [1.165, 1.54) is 32.1 Å². The maximum absolute atomic E-state index is 11.8. The van der Waals surface area contributed by atoms with Crippen LogP contribution in [0.3, 0.4) is 0 Å². The molecule has 2 aliphatic rings. The van der Waals surface area contributed by atoms with Crippen LogP contribution in [0.1, 0.15) is 35.9 Å². The van der Waals surface area contributed by atoms with Gasteiger partial charge in [0.05, 0.1) is 31.0 Å². The molecule has 3 rings (SSSR count). The number of carbonyl (C=O) groups is 1. The minimum Gasteiger partial charge on any atom is -0.468 e. The summed E-state index contributed by atoms with van der Waals surface area (Å²) >= 11 is 1.66. The number of methoxy groups -OCH3 is 1. The lowest BCUT2D eigenvalue weighted by Gasteiger charge is -2.37. The molecule has 1 aliphatic heterocycles. The summed E-state index contributed by atoms with van der Waals surface area (Å²) < 4.78 is 10.1. The Kier molecular flexibility index (Phi) is 3.11. The molecule has 18 heavy (non-hydrogen) atoms. The second-order valence-corrected chi connectivity index (χ2v) is 6.18. The second-order valence-electron chi connectivity index (χ2n) is 5.24. The molecule has 98 valence electrons. The monoisotopic (exact) mass is 267 g/mol. The van der Waals surface area contributed by atoms with Gasteiger partial charge in [-0.15, -0.1) is 11.3 Å². The molecule has 1 aromatic rings. The third kappa shape index (κ3) is 1.95. The molecular formula is C13H17NO3S. The molecule has 1 saturated carbocycles. The van der Waals surface area contributed by atoms with Crippen molar-refractivity contribution < 1.29 is 14.3 Å². The van der Waals surface area contributed by atoms with E-state index in [2.05, 4.69) is 10.4 Å². The Morgan fingerprint density at radius 3 is 2.89 bits per heavy atom. The predicted octanol–water partition coefficient (Wildman–Crippen LogP) is 2.14. The summed E-state index contributed by atoms with van der Waals surface area (Å²) in [6.07, 6.45) is 4.48. The highest BCUT2D eigenvalue weighted by Crippen LogP contribution is 2.38. The molecule has 0 unspecified atom stereocenters. The van der Waals surface area contributed by atoms with Gasteiger partial charge in [0.25, 0.3) is 0 Å². The van der Waals surface area contributed by atoms with Crippen LogP contribution in [0.25, 0.3) is 0 Å². The fourth-order valence-electron chi connectivity index (χ4n) is 2.44. The Morgan fingerprint density at radius 2 is 2.39 bits per heavy atom. The van der Waals surface area contributed by atoms with Crippen LogP contribution >= 0.6 is 11.3 Å². The smallest absolute Gasteiger partial charge is 0.316 e. The van der Waals surface area contributed by atoms with Crippen molar-refractivity contribution in [2.45, 2.75) is 31.6 Å². The van der Waals surface area contributed by atoms with Gasteiger partial charge in [-0.2, -0.15) is 0 Å². The zero-order valence-electron chi connectivity index (χ0n) is 10.5. The molecule has 1 aromatic heterocycles. The molecule has 1 saturated heterocycles. The van der Waals surface area contributed by atoms with Crippen molar-refractivity contribution in [2.75, 3.05) is 20.3 Å². The lowest BCUT2D eigenvalue weighted by atomic mass is 9.82. The van der Waals surface area contributed by atoms with E-state index >= 15 is 0 Å². The average molecular weight is 267 g/mol. The fraction of sp³-hybridized carbons (Fsp3) is 0.692. The van der Waals surface area contributed by atoms with Crippen molar-refractivity contribution in [1.29, 1.82) is 0 Å². The van der Waals surface area contributed by atoms with E-state index in [9.17, 15) is 4.79 Å². The lowest BCUT2D eigenvalue weighted by molar-refractivity contribution is -0.182. The maximum atomic E-state index is 11.8. The van der Waals surface area contributed by atoms with E-state index < -0.39 is 5.41 Å². The Bertz CT molecular complexity index is 449. The number of nitrogens with zero attached hydrogens (tertiary/aromatic N) is 1. The van der Waals surface area contributed by atoms with Gasteiger partial charge in [0.2, 0.25) is 0 Å². The molecule has 0 spiro atoms. The standard InChI is InChI=1S/C13H17NO3S/c1-16-12(15)13(7-17-8-13)5-11-14-10(6-18-11)9-3-2-4-9/h6,9H,2-5,7-8H2,1H3. The molecule has 0 N–H and O–H groups in total. The molecule has 2 fully saturated rings. The Balaban J connectivity index is 1.71. The van der Waals surface area contributed by atoms with Crippen LogP contribution in [0.15, 0.2) is 5.38 Å². The average Bonchev–Trinajstić information content (AvgIpc) is 2.68. The summed E-state index contributed by atoms with van der Waals surface area (Å²) in [5, 5.41) is 3.18. The van der Waals surface area contributed by atoms with Gasteiger partial charge in [-0.25, -0.2) is 4.98 Å². The van der Waals surface area contributed by atoms with Crippen molar-refractivity contribution in [3.05, 3.63) is 16.1 Å². The van der Waals surface area contributed by atoms with Crippen LogP contribution in [0.5, 0.6) is 0 Å². The fourth-order valence-corrected chi connectivity index (χ4v) is 3.46. The first kappa shape index (κ1) is 12.1. The zero-order chi connectivity index (χ0) is 12.6. The normalized spacial score (nSPS) is 22.1. The van der Waals surface area contributed by atoms with Crippen LogP contribution in [0.2, 0.25) is 0 Å². The number of esters is 1. The lowest BCUT2D eigenvalue weighted by Crippen LogP contribution is -2.51. The van der Waals surface area contributed by atoms with Crippen LogP contribution in [-0.4, -0.2) is 31.3 Å². The maximum Gasteiger partial charge on any atom is 0.316 e. The van der Waals surface area contributed by atoms with E-state index in [-0.39, 0.29) is 5.97 Å². The van der Waals surface area contributed by atoms with Crippen molar-refractivity contribution in [3.63, 3.8) is 0 Å². The van der Waals surface area contributed by atoms with Crippen LogP contribution < -0.4 is 0 Å². The molecule has 0 atom stereocenters. The quantitative estimate of drug-likeness (QED) is 0.784. The summed E-state index contributed by atoms with van der Waals surface area (Å²) in [7, 11) is 1.43. The minimum absolute atomic E-state index is 0.172. The number of thiazole rings is 1. The number of hydrogen-bond acceptors (Lipinski definition) is 5. The summed E-state index contributed by atoms with van der Waals surface area (Å²) in [6, 6.07) is 0. The first-order valence-electron chi connectivity index (χ1n) is 6.34. The summed E-state index contributed by atoms with van der Waals surface area (Å²) in [5.41, 5.74) is 0.727. The van der Waals surface area contributed by atoms with Gasteiger partial charge in [0, 0.05) is 17.7 Å². The van der Waals surface area contributed by atoms with Gasteiger partial charge in [-0.3, -0.25) is 4.79 Å². The third-order valence-corrected chi connectivity index (χ3v) is 4.82. The number of rotatable bonds is 4. The van der Waals surface area contributed by atoms with Gasteiger partial charge < -0.3 is 9.47 Å². The predicted molar refractivity (Wildman–Crippen MR) is 67.7 cm³/mol. The SMILES string of the molecule is COC(=O)C1(Cc2nc(C3CCC3)cs2)COC1. The number of carbonyl (C=O) groups excluding carboxylic acids is 1. The number of hydrogen-bond donors (Lipinski definition) is 0. The topological polar surface area (TPSA) is 48.4 Å². The Morgan fingerprint density at radius 1 is 1.61 bits per heavy atom. The van der Waals surface area contributed by atoms with Crippen molar-refractivity contribution in [2.24, 2.45) is 5.41 Å².